The van der Waals surface area contributed by atoms with E-state index in [1.165, 1.54) is 18.2 Å². The number of para-hydroxylation sites is 1. The van der Waals surface area contributed by atoms with E-state index in [4.69, 9.17) is 0 Å². The lowest BCUT2D eigenvalue weighted by Crippen LogP contribution is -2.36. The second kappa shape index (κ2) is 7.85. The van der Waals surface area contributed by atoms with Crippen LogP contribution in [0.2, 0.25) is 0 Å². The molecule has 0 radical (unpaired) electrons. The Hall–Kier alpha value is -3.13. The van der Waals surface area contributed by atoms with Gasteiger partial charge in [-0.05, 0) is 72.6 Å². The zero-order valence-electron chi connectivity index (χ0n) is 15.2. The topological polar surface area (TPSA) is 86.7 Å². The van der Waals surface area contributed by atoms with E-state index in [1.807, 2.05) is 0 Å². The summed E-state index contributed by atoms with van der Waals surface area (Å²) < 4.78 is 13.6. The number of phenols is 1. The molecule has 2 aromatic rings. The summed E-state index contributed by atoms with van der Waals surface area (Å²) in [5, 5.41) is 11.6. The molecule has 1 fully saturated rings. The molecule has 1 heterocycles. The van der Waals surface area contributed by atoms with Gasteiger partial charge >= 0.3 is 0 Å². The van der Waals surface area contributed by atoms with Gasteiger partial charge in [-0.2, -0.15) is 0 Å². The predicted molar refractivity (Wildman–Crippen MR) is 105 cm³/mol. The summed E-state index contributed by atoms with van der Waals surface area (Å²) in [5.41, 5.74) is 1.93. The van der Waals surface area contributed by atoms with E-state index < -0.39 is 29.4 Å². The first-order valence-corrected chi connectivity index (χ1v) is 9.18. The fraction of sp³-hybridized carbons (Fsp3) is 0.150. The molecule has 1 aliphatic rings. The Morgan fingerprint density at radius 1 is 1.21 bits per heavy atom. The monoisotopic (exact) mass is 400 g/mol. The number of carbonyl (C=O) groups is 3. The average Bonchev–Trinajstić information content (AvgIpc) is 2.89. The average molecular weight is 400 g/mol. The number of hydrogen-bond acceptors (Lipinski definition) is 5. The SMILES string of the molecule is Cc1cc(/C=C2\SC(=O)N(CC(=O)Nc3ccccc3F)C2=O)cc(C)c1O. The molecule has 144 valence electrons. The van der Waals surface area contributed by atoms with Gasteiger partial charge in [-0.15, -0.1) is 0 Å². The molecule has 1 aliphatic heterocycles. The molecule has 0 spiro atoms. The summed E-state index contributed by atoms with van der Waals surface area (Å²) in [6.45, 7) is 2.96. The van der Waals surface area contributed by atoms with E-state index >= 15 is 0 Å². The number of aromatic hydroxyl groups is 1. The standard InChI is InChI=1S/C20H17FN2O4S/c1-11-7-13(8-12(2)18(11)25)9-16-19(26)23(20(27)28-16)10-17(24)22-15-6-4-3-5-14(15)21/h3-9,25H,10H2,1-2H3,(H,22,24)/b16-9-. The van der Waals surface area contributed by atoms with Gasteiger partial charge in [0.25, 0.3) is 11.1 Å². The van der Waals surface area contributed by atoms with E-state index in [-0.39, 0.29) is 16.3 Å². The number of imide groups is 1. The maximum absolute atomic E-state index is 13.6. The Balaban J connectivity index is 1.75. The number of hydrogen-bond donors (Lipinski definition) is 2. The third-order valence-electron chi connectivity index (χ3n) is 4.13. The van der Waals surface area contributed by atoms with Gasteiger partial charge in [-0.1, -0.05) is 12.1 Å². The molecule has 0 bridgehead atoms. The number of carbonyl (C=O) groups excluding carboxylic acids is 3. The van der Waals surface area contributed by atoms with E-state index in [2.05, 4.69) is 5.32 Å². The molecular weight excluding hydrogens is 383 g/mol. The fourth-order valence-corrected chi connectivity index (χ4v) is 3.59. The van der Waals surface area contributed by atoms with E-state index in [0.29, 0.717) is 16.7 Å². The van der Waals surface area contributed by atoms with Gasteiger partial charge in [-0.3, -0.25) is 19.3 Å². The third kappa shape index (κ3) is 4.07. The molecule has 0 saturated carbocycles. The van der Waals surface area contributed by atoms with Crippen LogP contribution in [0.25, 0.3) is 6.08 Å². The number of halogens is 1. The summed E-state index contributed by atoms with van der Waals surface area (Å²) in [5.74, 6) is -1.70. The highest BCUT2D eigenvalue weighted by Crippen LogP contribution is 2.33. The molecule has 2 N–H and O–H groups in total. The van der Waals surface area contributed by atoms with Crippen molar-refractivity contribution >= 4 is 40.6 Å². The fourth-order valence-electron chi connectivity index (χ4n) is 2.76. The number of amides is 3. The normalized spacial score (nSPS) is 15.4. The van der Waals surface area contributed by atoms with Crippen LogP contribution in [0.1, 0.15) is 16.7 Å². The first kappa shape index (κ1) is 19.6. The lowest BCUT2D eigenvalue weighted by Gasteiger charge is -2.12. The van der Waals surface area contributed by atoms with Gasteiger partial charge in [0.2, 0.25) is 5.91 Å². The molecule has 6 nitrogen and oxygen atoms in total. The minimum atomic E-state index is -0.676. The van der Waals surface area contributed by atoms with Crippen molar-refractivity contribution in [3.8, 4) is 5.75 Å². The molecule has 3 rings (SSSR count). The lowest BCUT2D eigenvalue weighted by molar-refractivity contribution is -0.127. The van der Waals surface area contributed by atoms with Crippen molar-refractivity contribution in [3.63, 3.8) is 0 Å². The molecule has 0 atom stereocenters. The van der Waals surface area contributed by atoms with Gasteiger partial charge < -0.3 is 10.4 Å². The second-order valence-electron chi connectivity index (χ2n) is 6.30. The molecular formula is C20H17FN2O4S. The van der Waals surface area contributed by atoms with Gasteiger partial charge in [0, 0.05) is 0 Å². The first-order valence-electron chi connectivity index (χ1n) is 8.36. The Labute approximate surface area is 165 Å². The van der Waals surface area contributed by atoms with Crippen molar-refractivity contribution in [3.05, 3.63) is 63.8 Å². The van der Waals surface area contributed by atoms with Crippen LogP contribution >= 0.6 is 11.8 Å². The number of aryl methyl sites for hydroxylation is 2. The molecule has 0 unspecified atom stereocenters. The molecule has 0 aliphatic carbocycles. The zero-order chi connectivity index (χ0) is 20.4. The van der Waals surface area contributed by atoms with Crippen molar-refractivity contribution < 1.29 is 23.9 Å². The van der Waals surface area contributed by atoms with Crippen LogP contribution in [0, 0.1) is 19.7 Å². The number of nitrogens with zero attached hydrogens (tertiary/aromatic N) is 1. The van der Waals surface area contributed by atoms with Crippen LogP contribution < -0.4 is 5.32 Å². The highest BCUT2D eigenvalue weighted by atomic mass is 32.2. The Kier molecular flexibility index (Phi) is 5.51. The summed E-state index contributed by atoms with van der Waals surface area (Å²) >= 11 is 0.726. The van der Waals surface area contributed by atoms with Gasteiger partial charge in [-0.25, -0.2) is 4.39 Å². The van der Waals surface area contributed by atoms with Crippen molar-refractivity contribution in [1.29, 1.82) is 0 Å². The Bertz CT molecular complexity index is 996. The van der Waals surface area contributed by atoms with Crippen LogP contribution in [-0.4, -0.2) is 33.6 Å². The number of thioether (sulfide) groups is 1. The second-order valence-corrected chi connectivity index (χ2v) is 7.29. The smallest absolute Gasteiger partial charge is 0.294 e. The summed E-state index contributed by atoms with van der Waals surface area (Å²) in [6, 6.07) is 9.01. The zero-order valence-corrected chi connectivity index (χ0v) is 16.0. The van der Waals surface area contributed by atoms with Gasteiger partial charge in [0.05, 0.1) is 10.6 Å². The predicted octanol–water partition coefficient (Wildman–Crippen LogP) is 3.82. The van der Waals surface area contributed by atoms with Crippen LogP contribution in [0.4, 0.5) is 14.9 Å². The van der Waals surface area contributed by atoms with Gasteiger partial charge in [0.15, 0.2) is 0 Å². The number of nitrogens with one attached hydrogen (secondary N) is 1. The van der Waals surface area contributed by atoms with E-state index in [1.54, 1.807) is 38.1 Å². The minimum Gasteiger partial charge on any atom is -0.507 e. The maximum atomic E-state index is 13.6. The van der Waals surface area contributed by atoms with E-state index in [9.17, 15) is 23.9 Å². The van der Waals surface area contributed by atoms with Crippen molar-refractivity contribution in [1.82, 2.24) is 4.90 Å². The molecule has 8 heteroatoms. The molecule has 28 heavy (non-hydrogen) atoms. The Morgan fingerprint density at radius 2 is 1.86 bits per heavy atom. The van der Waals surface area contributed by atoms with E-state index in [0.717, 1.165) is 16.7 Å². The minimum absolute atomic E-state index is 0.0231. The van der Waals surface area contributed by atoms with Crippen molar-refractivity contribution in [2.75, 3.05) is 11.9 Å². The molecule has 3 amide bonds. The highest BCUT2D eigenvalue weighted by Gasteiger charge is 2.36. The third-order valence-corrected chi connectivity index (χ3v) is 5.04. The maximum Gasteiger partial charge on any atom is 0.294 e. The highest BCUT2D eigenvalue weighted by molar-refractivity contribution is 8.18. The summed E-state index contributed by atoms with van der Waals surface area (Å²) in [6.07, 6.45) is 1.54. The number of anilines is 1. The largest absolute Gasteiger partial charge is 0.507 e. The van der Waals surface area contributed by atoms with Crippen molar-refractivity contribution in [2.24, 2.45) is 0 Å². The van der Waals surface area contributed by atoms with Crippen LogP contribution in [0.5, 0.6) is 5.75 Å². The lowest BCUT2D eigenvalue weighted by atomic mass is 10.1. The number of phenolic OH excluding ortho intramolecular Hbond substituents is 1. The first-order chi connectivity index (χ1) is 13.3. The number of benzene rings is 2. The number of rotatable bonds is 4. The summed E-state index contributed by atoms with van der Waals surface area (Å²) in [4.78, 5) is 37.8. The quantitative estimate of drug-likeness (QED) is 0.762. The van der Waals surface area contributed by atoms with Crippen LogP contribution in [0.3, 0.4) is 0 Å². The van der Waals surface area contributed by atoms with Crippen LogP contribution in [0.15, 0.2) is 41.3 Å². The van der Waals surface area contributed by atoms with Gasteiger partial charge in [0.1, 0.15) is 18.1 Å². The molecule has 0 aromatic heterocycles. The Morgan fingerprint density at radius 3 is 2.50 bits per heavy atom. The van der Waals surface area contributed by atoms with Crippen molar-refractivity contribution in [2.45, 2.75) is 13.8 Å². The summed E-state index contributed by atoms with van der Waals surface area (Å²) in [7, 11) is 0. The van der Waals surface area contributed by atoms with Crippen LogP contribution in [-0.2, 0) is 9.59 Å². The molecule has 2 aromatic carbocycles. The molecule has 1 saturated heterocycles.